The Morgan fingerprint density at radius 2 is 1.82 bits per heavy atom. The second-order valence-electron chi connectivity index (χ2n) is 5.46. The Kier molecular flexibility index (Phi) is 4.40. The Hall–Kier alpha value is -0.610. The lowest BCUT2D eigenvalue weighted by Crippen LogP contribution is -2.39. The number of carbonyl (C=O) groups is 1. The molecule has 2 saturated heterocycles. The van der Waals surface area contributed by atoms with Crippen LogP contribution in [-0.4, -0.2) is 60.1 Å². The number of rotatable bonds is 4. The predicted octanol–water partition coefficient (Wildman–Crippen LogP) is 1.12. The molecule has 0 aromatic rings. The average molecular weight is 240 g/mol. The minimum Gasteiger partial charge on any atom is -0.481 e. The van der Waals surface area contributed by atoms with Crippen LogP contribution in [0.2, 0.25) is 0 Å². The van der Waals surface area contributed by atoms with Crippen molar-refractivity contribution in [3.8, 4) is 0 Å². The Morgan fingerprint density at radius 1 is 1.18 bits per heavy atom. The predicted molar refractivity (Wildman–Crippen MR) is 67.0 cm³/mol. The minimum absolute atomic E-state index is 0.0954. The topological polar surface area (TPSA) is 43.8 Å². The lowest BCUT2D eigenvalue weighted by atomic mass is 9.96. The molecule has 0 aromatic heterocycles. The van der Waals surface area contributed by atoms with Crippen molar-refractivity contribution in [3.63, 3.8) is 0 Å². The van der Waals surface area contributed by atoms with Gasteiger partial charge in [0.05, 0.1) is 5.92 Å². The van der Waals surface area contributed by atoms with Gasteiger partial charge in [0.25, 0.3) is 0 Å². The number of carboxylic acids is 1. The van der Waals surface area contributed by atoms with Gasteiger partial charge in [-0.3, -0.25) is 4.79 Å². The molecular weight excluding hydrogens is 216 g/mol. The third-order valence-corrected chi connectivity index (χ3v) is 4.27. The van der Waals surface area contributed by atoms with Crippen molar-refractivity contribution in [2.45, 2.75) is 26.2 Å². The van der Waals surface area contributed by atoms with E-state index in [1.54, 1.807) is 0 Å². The summed E-state index contributed by atoms with van der Waals surface area (Å²) in [6.07, 6.45) is 2.98. The molecule has 0 aromatic carbocycles. The average Bonchev–Trinajstić information content (AvgIpc) is 2.77. The van der Waals surface area contributed by atoms with Crippen molar-refractivity contribution in [2.24, 2.45) is 11.8 Å². The van der Waals surface area contributed by atoms with Gasteiger partial charge < -0.3 is 14.9 Å². The summed E-state index contributed by atoms with van der Waals surface area (Å²) < 4.78 is 0. The molecule has 0 radical (unpaired) electrons. The summed E-state index contributed by atoms with van der Waals surface area (Å²) in [5, 5.41) is 8.95. The molecule has 0 aliphatic carbocycles. The van der Waals surface area contributed by atoms with Gasteiger partial charge in [-0.15, -0.1) is 0 Å². The fourth-order valence-corrected chi connectivity index (χ4v) is 3.08. The largest absolute Gasteiger partial charge is 0.481 e. The van der Waals surface area contributed by atoms with Crippen molar-refractivity contribution in [3.05, 3.63) is 0 Å². The van der Waals surface area contributed by atoms with Gasteiger partial charge in [0, 0.05) is 13.1 Å². The molecule has 2 aliphatic rings. The van der Waals surface area contributed by atoms with Crippen LogP contribution in [0.3, 0.4) is 0 Å². The molecule has 17 heavy (non-hydrogen) atoms. The number of likely N-dealkylation sites (tertiary alicyclic amines) is 2. The molecule has 98 valence electrons. The third kappa shape index (κ3) is 3.42. The number of hydrogen-bond donors (Lipinski definition) is 1. The summed E-state index contributed by atoms with van der Waals surface area (Å²) in [7, 11) is 0. The Labute approximate surface area is 104 Å². The minimum atomic E-state index is -0.609. The lowest BCUT2D eigenvalue weighted by Gasteiger charge is -2.31. The van der Waals surface area contributed by atoms with Crippen LogP contribution in [0.4, 0.5) is 0 Å². The van der Waals surface area contributed by atoms with Crippen LogP contribution < -0.4 is 0 Å². The van der Waals surface area contributed by atoms with Crippen LogP contribution in [0.1, 0.15) is 26.2 Å². The van der Waals surface area contributed by atoms with Crippen molar-refractivity contribution in [2.75, 3.05) is 39.3 Å². The van der Waals surface area contributed by atoms with Crippen LogP contribution in [0.25, 0.3) is 0 Å². The summed E-state index contributed by atoms with van der Waals surface area (Å²) in [6.45, 7) is 8.97. The van der Waals surface area contributed by atoms with Crippen molar-refractivity contribution >= 4 is 5.97 Å². The van der Waals surface area contributed by atoms with Gasteiger partial charge in [0.2, 0.25) is 0 Å². The molecule has 4 heteroatoms. The molecule has 0 spiro atoms. The first-order chi connectivity index (χ1) is 8.19. The maximum atomic E-state index is 10.9. The van der Waals surface area contributed by atoms with Gasteiger partial charge in [-0.25, -0.2) is 0 Å². The molecule has 0 amide bonds. The smallest absolute Gasteiger partial charge is 0.306 e. The maximum absolute atomic E-state index is 10.9. The normalized spacial score (nSPS) is 28.6. The highest BCUT2D eigenvalue weighted by Crippen LogP contribution is 2.21. The summed E-state index contributed by atoms with van der Waals surface area (Å²) in [6, 6.07) is 0. The zero-order valence-electron chi connectivity index (χ0n) is 10.8. The van der Waals surface area contributed by atoms with Gasteiger partial charge in [-0.1, -0.05) is 6.92 Å². The number of nitrogens with zero attached hydrogens (tertiary/aromatic N) is 2. The van der Waals surface area contributed by atoms with Crippen LogP contribution in [0, 0.1) is 11.8 Å². The molecule has 0 saturated carbocycles. The van der Waals surface area contributed by atoms with E-state index in [0.717, 1.165) is 38.4 Å². The highest BCUT2D eigenvalue weighted by molar-refractivity contribution is 5.70. The highest BCUT2D eigenvalue weighted by atomic mass is 16.4. The number of aliphatic carboxylic acids is 1. The van der Waals surface area contributed by atoms with Crippen molar-refractivity contribution in [1.82, 2.24) is 9.80 Å². The van der Waals surface area contributed by atoms with Gasteiger partial charge in [-0.05, 0) is 51.4 Å². The van der Waals surface area contributed by atoms with E-state index in [2.05, 4.69) is 16.7 Å². The molecule has 2 heterocycles. The fraction of sp³-hybridized carbons (Fsp3) is 0.923. The quantitative estimate of drug-likeness (QED) is 0.800. The van der Waals surface area contributed by atoms with Crippen molar-refractivity contribution < 1.29 is 9.90 Å². The third-order valence-electron chi connectivity index (χ3n) is 4.27. The second kappa shape index (κ2) is 5.83. The van der Waals surface area contributed by atoms with E-state index < -0.39 is 5.97 Å². The highest BCUT2D eigenvalue weighted by Gasteiger charge is 2.28. The summed E-state index contributed by atoms with van der Waals surface area (Å²) in [5.41, 5.74) is 0. The van der Waals surface area contributed by atoms with E-state index in [-0.39, 0.29) is 5.92 Å². The van der Waals surface area contributed by atoms with E-state index in [1.807, 2.05) is 0 Å². The maximum Gasteiger partial charge on any atom is 0.306 e. The van der Waals surface area contributed by atoms with Gasteiger partial charge in [0.15, 0.2) is 0 Å². The number of carboxylic acid groups (broad SMARTS) is 1. The van der Waals surface area contributed by atoms with Crippen LogP contribution >= 0.6 is 0 Å². The molecule has 1 unspecified atom stereocenters. The second-order valence-corrected chi connectivity index (χ2v) is 5.46. The van der Waals surface area contributed by atoms with E-state index in [1.165, 1.54) is 26.1 Å². The zero-order valence-corrected chi connectivity index (χ0v) is 10.8. The fourth-order valence-electron chi connectivity index (χ4n) is 3.08. The van der Waals surface area contributed by atoms with Gasteiger partial charge >= 0.3 is 5.97 Å². The Morgan fingerprint density at radius 3 is 2.35 bits per heavy atom. The standard InChI is InChI=1S/C13H24N2O2/c1-2-14-6-3-11(9-14)10-15-7-4-12(5-8-15)13(16)17/h11-12H,2-10H2,1H3,(H,16,17). The lowest BCUT2D eigenvalue weighted by molar-refractivity contribution is -0.143. The monoisotopic (exact) mass is 240 g/mol. The van der Waals surface area contributed by atoms with Crippen LogP contribution in [0.5, 0.6) is 0 Å². The van der Waals surface area contributed by atoms with Crippen molar-refractivity contribution in [1.29, 1.82) is 0 Å². The van der Waals surface area contributed by atoms with E-state index in [9.17, 15) is 4.79 Å². The molecule has 2 fully saturated rings. The summed E-state index contributed by atoms with van der Waals surface area (Å²) in [4.78, 5) is 15.8. The first-order valence-electron chi connectivity index (χ1n) is 6.86. The molecule has 0 bridgehead atoms. The Bertz CT molecular complexity index is 262. The van der Waals surface area contributed by atoms with E-state index >= 15 is 0 Å². The molecule has 2 aliphatic heterocycles. The summed E-state index contributed by atoms with van der Waals surface area (Å²) >= 11 is 0. The SMILES string of the molecule is CCN1CCC(CN2CCC(C(=O)O)CC2)C1. The first kappa shape index (κ1) is 12.8. The molecule has 4 nitrogen and oxygen atoms in total. The van der Waals surface area contributed by atoms with Crippen LogP contribution in [0.15, 0.2) is 0 Å². The number of piperidine rings is 1. The van der Waals surface area contributed by atoms with Gasteiger partial charge in [-0.2, -0.15) is 0 Å². The Balaban J connectivity index is 1.70. The molecular formula is C13H24N2O2. The van der Waals surface area contributed by atoms with E-state index in [4.69, 9.17) is 5.11 Å². The van der Waals surface area contributed by atoms with E-state index in [0.29, 0.717) is 0 Å². The summed E-state index contributed by atoms with van der Waals surface area (Å²) in [5.74, 6) is 0.0981. The number of hydrogen-bond acceptors (Lipinski definition) is 3. The van der Waals surface area contributed by atoms with Gasteiger partial charge in [0.1, 0.15) is 0 Å². The van der Waals surface area contributed by atoms with Crippen LogP contribution in [-0.2, 0) is 4.79 Å². The first-order valence-corrected chi connectivity index (χ1v) is 6.86. The molecule has 2 rings (SSSR count). The zero-order chi connectivity index (χ0) is 12.3. The molecule has 1 N–H and O–H groups in total. The molecule has 1 atom stereocenters.